The predicted octanol–water partition coefficient (Wildman–Crippen LogP) is -0.906. The molecular weight excluding hydrogens is 360 g/mol. The van der Waals surface area contributed by atoms with E-state index in [1.54, 1.807) is 0 Å². The van der Waals surface area contributed by atoms with E-state index in [1.807, 2.05) is 18.2 Å². The molecule has 0 bridgehead atoms. The van der Waals surface area contributed by atoms with Crippen LogP contribution >= 0.6 is 0 Å². The molecule has 9 heteroatoms. The third-order valence-corrected chi connectivity index (χ3v) is 4.65. The zero-order valence-corrected chi connectivity index (χ0v) is 16.2. The standard InChI is InChI=1S/C19H32N6O3/c20-17(7-4-8-23-19(21)22)18(27)28-14-16(26)13-24-9-11-25(12-10-24)15-5-2-1-3-6-15/h1-3,5-6,16-17,26H,4,7-14,20H2,(H4,21,22,23)/t16-,17?/m0/s1. The molecule has 0 aromatic heterocycles. The summed E-state index contributed by atoms with van der Waals surface area (Å²) >= 11 is 0. The average Bonchev–Trinajstić information content (AvgIpc) is 2.70. The van der Waals surface area contributed by atoms with Gasteiger partial charge in [0, 0.05) is 45.0 Å². The minimum Gasteiger partial charge on any atom is -0.462 e. The van der Waals surface area contributed by atoms with Gasteiger partial charge in [-0.25, -0.2) is 0 Å². The summed E-state index contributed by atoms with van der Waals surface area (Å²) in [4.78, 5) is 20.2. The second kappa shape index (κ2) is 11.5. The lowest BCUT2D eigenvalue weighted by Gasteiger charge is -2.36. The maximum atomic E-state index is 11.9. The molecule has 0 saturated carbocycles. The van der Waals surface area contributed by atoms with Gasteiger partial charge in [-0.1, -0.05) is 18.2 Å². The van der Waals surface area contributed by atoms with Crippen molar-refractivity contribution in [3.05, 3.63) is 30.3 Å². The molecule has 1 heterocycles. The summed E-state index contributed by atoms with van der Waals surface area (Å²) < 4.78 is 5.14. The van der Waals surface area contributed by atoms with E-state index in [2.05, 4.69) is 26.9 Å². The van der Waals surface area contributed by atoms with Crippen molar-refractivity contribution in [1.82, 2.24) is 4.90 Å². The van der Waals surface area contributed by atoms with Crippen LogP contribution in [0, 0.1) is 0 Å². The first kappa shape index (κ1) is 21.9. The smallest absolute Gasteiger partial charge is 0.323 e. The highest BCUT2D eigenvalue weighted by atomic mass is 16.5. The summed E-state index contributed by atoms with van der Waals surface area (Å²) in [6, 6.07) is 9.54. The zero-order valence-electron chi connectivity index (χ0n) is 16.2. The minimum absolute atomic E-state index is 0.0175. The van der Waals surface area contributed by atoms with E-state index in [4.69, 9.17) is 21.9 Å². The third kappa shape index (κ3) is 7.71. The van der Waals surface area contributed by atoms with E-state index in [0.29, 0.717) is 25.9 Å². The summed E-state index contributed by atoms with van der Waals surface area (Å²) in [5.41, 5.74) is 17.5. The first-order valence-electron chi connectivity index (χ1n) is 9.63. The molecule has 0 aliphatic carbocycles. The molecule has 156 valence electrons. The molecule has 0 radical (unpaired) electrons. The van der Waals surface area contributed by atoms with Crippen LogP contribution in [0.5, 0.6) is 0 Å². The van der Waals surface area contributed by atoms with Crippen LogP contribution in [-0.2, 0) is 9.53 Å². The fourth-order valence-corrected chi connectivity index (χ4v) is 3.10. The normalized spacial score (nSPS) is 17.0. The molecule has 9 nitrogen and oxygen atoms in total. The number of β-amino-alcohol motifs (C(OH)–C–C–N with tert-alkyl or cyclic N) is 1. The van der Waals surface area contributed by atoms with Gasteiger partial charge in [-0.3, -0.25) is 14.7 Å². The first-order valence-corrected chi connectivity index (χ1v) is 9.63. The van der Waals surface area contributed by atoms with Crippen LogP contribution in [-0.4, -0.2) is 80.0 Å². The van der Waals surface area contributed by atoms with Crippen LogP contribution in [0.4, 0.5) is 5.69 Å². The van der Waals surface area contributed by atoms with Crippen molar-refractivity contribution >= 4 is 17.6 Å². The van der Waals surface area contributed by atoms with Gasteiger partial charge in [-0.15, -0.1) is 0 Å². The molecule has 1 unspecified atom stereocenters. The number of carbonyl (C=O) groups is 1. The first-order chi connectivity index (χ1) is 13.5. The van der Waals surface area contributed by atoms with Crippen molar-refractivity contribution in [2.24, 2.45) is 22.2 Å². The molecule has 1 aromatic carbocycles. The third-order valence-electron chi connectivity index (χ3n) is 4.65. The van der Waals surface area contributed by atoms with Crippen molar-refractivity contribution in [2.45, 2.75) is 25.0 Å². The Bertz CT molecular complexity index is 615. The number of nitrogens with zero attached hydrogens (tertiary/aromatic N) is 3. The van der Waals surface area contributed by atoms with Crippen LogP contribution in [0.2, 0.25) is 0 Å². The van der Waals surface area contributed by atoms with E-state index < -0.39 is 18.1 Å². The minimum atomic E-state index is -0.740. The van der Waals surface area contributed by atoms with Gasteiger partial charge < -0.3 is 31.9 Å². The second-order valence-electron chi connectivity index (χ2n) is 6.96. The number of nitrogens with two attached hydrogens (primary N) is 3. The van der Waals surface area contributed by atoms with E-state index in [9.17, 15) is 9.90 Å². The average molecular weight is 393 g/mol. The zero-order chi connectivity index (χ0) is 20.4. The highest BCUT2D eigenvalue weighted by Gasteiger charge is 2.21. The van der Waals surface area contributed by atoms with E-state index in [-0.39, 0.29) is 12.6 Å². The molecule has 28 heavy (non-hydrogen) atoms. The van der Waals surface area contributed by atoms with Gasteiger partial charge in [0.2, 0.25) is 0 Å². The van der Waals surface area contributed by atoms with Crippen LogP contribution in [0.3, 0.4) is 0 Å². The fourth-order valence-electron chi connectivity index (χ4n) is 3.10. The van der Waals surface area contributed by atoms with Crippen molar-refractivity contribution in [2.75, 3.05) is 50.8 Å². The van der Waals surface area contributed by atoms with Crippen molar-refractivity contribution in [3.8, 4) is 0 Å². The predicted molar refractivity (Wildman–Crippen MR) is 110 cm³/mol. The van der Waals surface area contributed by atoms with Gasteiger partial charge >= 0.3 is 5.97 Å². The number of rotatable bonds is 10. The Labute approximate surface area is 166 Å². The lowest BCUT2D eigenvalue weighted by molar-refractivity contribution is -0.148. The molecule has 0 amide bonds. The van der Waals surface area contributed by atoms with Gasteiger partial charge in [0.15, 0.2) is 5.96 Å². The molecule has 1 aliphatic rings. The molecule has 2 atom stereocenters. The van der Waals surface area contributed by atoms with E-state index in [1.165, 1.54) is 5.69 Å². The number of aliphatic imine (C=N–C) groups is 1. The van der Waals surface area contributed by atoms with Crippen molar-refractivity contribution in [3.63, 3.8) is 0 Å². The number of aliphatic hydroxyl groups excluding tert-OH is 1. The summed E-state index contributed by atoms with van der Waals surface area (Å²) in [7, 11) is 0. The SMILES string of the molecule is NC(N)=NCCCC(N)C(=O)OC[C@@H](O)CN1CCN(c2ccccc2)CC1. The number of anilines is 1. The number of piperazine rings is 1. The number of para-hydroxylation sites is 1. The summed E-state index contributed by atoms with van der Waals surface area (Å²) in [5.74, 6) is -0.499. The lowest BCUT2D eigenvalue weighted by Crippen LogP contribution is -2.49. The number of aliphatic hydroxyl groups is 1. The lowest BCUT2D eigenvalue weighted by atomic mass is 10.2. The number of hydrogen-bond donors (Lipinski definition) is 4. The van der Waals surface area contributed by atoms with Crippen molar-refractivity contribution in [1.29, 1.82) is 0 Å². The topological polar surface area (TPSA) is 143 Å². The number of hydrogen-bond acceptors (Lipinski definition) is 7. The van der Waals surface area contributed by atoms with E-state index in [0.717, 1.165) is 26.2 Å². The highest BCUT2D eigenvalue weighted by Crippen LogP contribution is 2.15. The van der Waals surface area contributed by atoms with Crippen molar-refractivity contribution < 1.29 is 14.6 Å². The Balaban J connectivity index is 1.61. The van der Waals surface area contributed by atoms with Gasteiger partial charge in [0.05, 0.1) is 0 Å². The molecule has 0 spiro atoms. The molecule has 1 aromatic rings. The maximum Gasteiger partial charge on any atom is 0.323 e. The van der Waals surface area contributed by atoms with Crippen LogP contribution in [0.1, 0.15) is 12.8 Å². The van der Waals surface area contributed by atoms with Crippen LogP contribution in [0.25, 0.3) is 0 Å². The van der Waals surface area contributed by atoms with Gasteiger partial charge in [-0.2, -0.15) is 0 Å². The quantitative estimate of drug-likeness (QED) is 0.173. The van der Waals surface area contributed by atoms with Gasteiger partial charge in [0.25, 0.3) is 0 Å². The highest BCUT2D eigenvalue weighted by molar-refractivity contribution is 5.76. The number of guanidine groups is 1. The number of carbonyl (C=O) groups excluding carboxylic acids is 1. The molecule has 1 aliphatic heterocycles. The Morgan fingerprint density at radius 1 is 1.18 bits per heavy atom. The Morgan fingerprint density at radius 2 is 1.86 bits per heavy atom. The number of benzene rings is 1. The summed E-state index contributed by atoms with van der Waals surface area (Å²) in [6.45, 7) is 4.33. The largest absolute Gasteiger partial charge is 0.462 e. The Hall–Kier alpha value is -2.36. The Morgan fingerprint density at radius 3 is 2.50 bits per heavy atom. The van der Waals surface area contributed by atoms with E-state index >= 15 is 0 Å². The molecule has 1 saturated heterocycles. The summed E-state index contributed by atoms with van der Waals surface area (Å²) in [6.07, 6.45) is 0.274. The molecule has 2 rings (SSSR count). The van der Waals surface area contributed by atoms with Crippen LogP contribution in [0.15, 0.2) is 35.3 Å². The molecule has 7 N–H and O–H groups in total. The Kier molecular flexibility index (Phi) is 8.99. The molecule has 1 fully saturated rings. The number of ether oxygens (including phenoxy) is 1. The van der Waals surface area contributed by atoms with Gasteiger partial charge in [-0.05, 0) is 25.0 Å². The molecular formula is C19H32N6O3. The summed E-state index contributed by atoms with van der Waals surface area (Å²) in [5, 5.41) is 10.2. The number of esters is 1. The monoisotopic (exact) mass is 392 g/mol. The second-order valence-corrected chi connectivity index (χ2v) is 6.96. The van der Waals surface area contributed by atoms with Gasteiger partial charge in [0.1, 0.15) is 18.8 Å². The van der Waals surface area contributed by atoms with Crippen LogP contribution < -0.4 is 22.1 Å². The maximum absolute atomic E-state index is 11.9. The fraction of sp³-hybridized carbons (Fsp3) is 0.579.